The highest BCUT2D eigenvalue weighted by Crippen LogP contribution is 2.37. The molecule has 0 atom stereocenters. The molecule has 1 aromatic rings. The van der Waals surface area contributed by atoms with Crippen molar-refractivity contribution in [1.29, 1.82) is 0 Å². The number of hydrogen-bond donors (Lipinski definition) is 0. The van der Waals surface area contributed by atoms with E-state index in [0.717, 1.165) is 0 Å². The molecule has 0 amide bonds. The lowest BCUT2D eigenvalue weighted by molar-refractivity contribution is -0.00000355. The maximum absolute atomic E-state index is 2.37. The van der Waals surface area contributed by atoms with Gasteiger partial charge in [0.1, 0.15) is 0 Å². The summed E-state index contributed by atoms with van der Waals surface area (Å²) in [6.45, 7) is 13.7. The minimum Gasteiger partial charge on any atom is -1.00 e. The summed E-state index contributed by atoms with van der Waals surface area (Å²) in [5, 5.41) is 0. The fourth-order valence-electron chi connectivity index (χ4n) is 0.940. The van der Waals surface area contributed by atoms with Crippen molar-refractivity contribution in [1.82, 2.24) is 0 Å². The zero-order valence-corrected chi connectivity index (χ0v) is 13.0. The molecule has 0 aromatic carbocycles. The van der Waals surface area contributed by atoms with E-state index in [2.05, 4.69) is 47.6 Å². The SMILES string of the molecule is CC(C)(C)c1cc(C(C)(C)C)[s+]s1.[Br-]. The van der Waals surface area contributed by atoms with Crippen LogP contribution in [-0.4, -0.2) is 0 Å². The lowest BCUT2D eigenvalue weighted by atomic mass is 9.90. The second-order valence-corrected chi connectivity index (χ2v) is 7.75. The number of halogens is 1. The van der Waals surface area contributed by atoms with Crippen LogP contribution in [0.15, 0.2) is 6.07 Å². The van der Waals surface area contributed by atoms with Crippen molar-refractivity contribution in [2.45, 2.75) is 52.4 Å². The van der Waals surface area contributed by atoms with Crippen molar-refractivity contribution < 1.29 is 17.0 Å². The third-order valence-corrected chi connectivity index (χ3v) is 5.19. The van der Waals surface area contributed by atoms with Gasteiger partial charge in [0.15, 0.2) is 10.3 Å². The minimum atomic E-state index is 0. The molecule has 1 rings (SSSR count). The predicted molar refractivity (Wildman–Crippen MR) is 64.0 cm³/mol. The van der Waals surface area contributed by atoms with E-state index in [1.165, 1.54) is 9.75 Å². The maximum atomic E-state index is 2.37. The second kappa shape index (κ2) is 4.58. The topological polar surface area (TPSA) is 0 Å². The molecule has 3 heteroatoms. The Hall–Kier alpha value is 0.530. The summed E-state index contributed by atoms with van der Waals surface area (Å²) in [5.41, 5.74) is 0.620. The minimum absolute atomic E-state index is 0. The summed E-state index contributed by atoms with van der Waals surface area (Å²) in [7, 11) is 3.85. The molecule has 1 aromatic heterocycles. The quantitative estimate of drug-likeness (QED) is 0.505. The first-order valence-electron chi connectivity index (χ1n) is 4.65. The summed E-state index contributed by atoms with van der Waals surface area (Å²) in [4.78, 5) is 3.00. The van der Waals surface area contributed by atoms with Crippen LogP contribution in [0.2, 0.25) is 0 Å². The van der Waals surface area contributed by atoms with E-state index in [9.17, 15) is 0 Å². The fraction of sp³-hybridized carbons (Fsp3) is 0.727. The molecule has 0 aliphatic heterocycles. The Labute approximate surface area is 106 Å². The molecule has 1 heterocycles. The summed E-state index contributed by atoms with van der Waals surface area (Å²) in [6.07, 6.45) is 0. The Morgan fingerprint density at radius 3 is 1.71 bits per heavy atom. The average molecular weight is 295 g/mol. The van der Waals surface area contributed by atoms with Crippen LogP contribution in [0.3, 0.4) is 0 Å². The van der Waals surface area contributed by atoms with E-state index < -0.39 is 0 Å². The largest absolute Gasteiger partial charge is 1.00 e. The molecule has 0 radical (unpaired) electrons. The van der Waals surface area contributed by atoms with E-state index in [-0.39, 0.29) is 17.0 Å². The Morgan fingerprint density at radius 1 is 1.00 bits per heavy atom. The van der Waals surface area contributed by atoms with Crippen LogP contribution in [0.4, 0.5) is 0 Å². The lowest BCUT2D eigenvalue weighted by Gasteiger charge is -2.13. The highest BCUT2D eigenvalue weighted by Gasteiger charge is 2.30. The van der Waals surface area contributed by atoms with Crippen LogP contribution in [0.5, 0.6) is 0 Å². The van der Waals surface area contributed by atoms with Gasteiger partial charge in [-0.25, -0.2) is 0 Å². The number of rotatable bonds is 0. The van der Waals surface area contributed by atoms with Crippen molar-refractivity contribution in [2.24, 2.45) is 0 Å². The molecular formula is C11H19BrS2. The predicted octanol–water partition coefficient (Wildman–Crippen LogP) is 1.69. The van der Waals surface area contributed by atoms with Gasteiger partial charge in [0.2, 0.25) is 4.88 Å². The standard InChI is InChI=1S/C11H19S2.BrH/c1-10(2,3)8-7-9(13-12-8)11(4,5)6;/h7H,1-6H3;1H/q+1;/p-1. The molecular weight excluding hydrogens is 276 g/mol. The van der Waals surface area contributed by atoms with Crippen LogP contribution in [-0.2, 0) is 10.8 Å². The Kier molecular flexibility index (Phi) is 4.76. The second-order valence-electron chi connectivity index (χ2n) is 5.54. The normalized spacial score (nSPS) is 12.4. The molecule has 0 saturated carbocycles. The summed E-state index contributed by atoms with van der Waals surface area (Å²) in [6, 6.07) is 2.37. The molecule has 0 bridgehead atoms. The Bertz CT molecular complexity index is 260. The third kappa shape index (κ3) is 3.59. The van der Waals surface area contributed by atoms with E-state index in [1.807, 2.05) is 20.7 Å². The van der Waals surface area contributed by atoms with Crippen LogP contribution < -0.4 is 17.0 Å². The molecule has 0 unspecified atom stereocenters. The van der Waals surface area contributed by atoms with Gasteiger partial charge in [0, 0.05) is 16.9 Å². The summed E-state index contributed by atoms with van der Waals surface area (Å²) >= 11 is 0. The maximum Gasteiger partial charge on any atom is 0.295 e. The van der Waals surface area contributed by atoms with Crippen molar-refractivity contribution >= 4 is 20.7 Å². The van der Waals surface area contributed by atoms with Crippen molar-refractivity contribution in [3.05, 3.63) is 15.8 Å². The van der Waals surface area contributed by atoms with Crippen LogP contribution >= 0.6 is 20.7 Å². The average Bonchev–Trinajstić information content (AvgIpc) is 2.28. The van der Waals surface area contributed by atoms with E-state index in [4.69, 9.17) is 0 Å². The van der Waals surface area contributed by atoms with Gasteiger partial charge in [0.25, 0.3) is 10.3 Å². The van der Waals surface area contributed by atoms with E-state index in [0.29, 0.717) is 10.8 Å². The van der Waals surface area contributed by atoms with E-state index in [1.54, 1.807) is 0 Å². The van der Waals surface area contributed by atoms with Gasteiger partial charge in [-0.1, -0.05) is 41.5 Å². The zero-order chi connectivity index (χ0) is 10.3. The molecule has 0 aliphatic rings. The molecule has 0 aliphatic carbocycles. The molecule has 0 spiro atoms. The number of hydrogen-bond acceptors (Lipinski definition) is 1. The van der Waals surface area contributed by atoms with Gasteiger partial charge in [-0.15, -0.1) is 0 Å². The van der Waals surface area contributed by atoms with Crippen molar-refractivity contribution in [2.75, 3.05) is 0 Å². The van der Waals surface area contributed by atoms with Gasteiger partial charge in [-0.05, 0) is 0 Å². The Morgan fingerprint density at radius 2 is 1.50 bits per heavy atom. The molecule has 0 saturated heterocycles. The molecule has 14 heavy (non-hydrogen) atoms. The van der Waals surface area contributed by atoms with Gasteiger partial charge in [-0.3, -0.25) is 0 Å². The Balaban J connectivity index is 0.00000169. The molecule has 0 N–H and O–H groups in total. The van der Waals surface area contributed by atoms with Gasteiger partial charge in [-0.2, -0.15) is 0 Å². The smallest absolute Gasteiger partial charge is 0.295 e. The highest BCUT2D eigenvalue weighted by molar-refractivity contribution is 7.69. The highest BCUT2D eigenvalue weighted by atomic mass is 79.9. The van der Waals surface area contributed by atoms with Crippen LogP contribution in [0, 0.1) is 0 Å². The summed E-state index contributed by atoms with van der Waals surface area (Å²) < 4.78 is 0. The zero-order valence-electron chi connectivity index (χ0n) is 9.77. The van der Waals surface area contributed by atoms with Gasteiger partial charge in [0.05, 0.1) is 4.88 Å². The first kappa shape index (κ1) is 14.5. The monoisotopic (exact) mass is 294 g/mol. The van der Waals surface area contributed by atoms with Crippen LogP contribution in [0.25, 0.3) is 0 Å². The van der Waals surface area contributed by atoms with Crippen LogP contribution in [0.1, 0.15) is 51.3 Å². The molecule has 0 nitrogen and oxygen atoms in total. The first-order chi connectivity index (χ1) is 5.71. The molecule has 0 fully saturated rings. The lowest BCUT2D eigenvalue weighted by Crippen LogP contribution is -3.00. The van der Waals surface area contributed by atoms with Crippen molar-refractivity contribution in [3.8, 4) is 0 Å². The molecule has 82 valence electrons. The van der Waals surface area contributed by atoms with Crippen molar-refractivity contribution in [3.63, 3.8) is 0 Å². The van der Waals surface area contributed by atoms with E-state index >= 15 is 0 Å². The van der Waals surface area contributed by atoms with Gasteiger partial charge < -0.3 is 17.0 Å². The first-order valence-corrected chi connectivity index (χ1v) is 6.80. The summed E-state index contributed by atoms with van der Waals surface area (Å²) in [5.74, 6) is 0. The fourth-order valence-corrected chi connectivity index (χ4v) is 4.35. The third-order valence-electron chi connectivity index (χ3n) is 1.96. The van der Waals surface area contributed by atoms with Gasteiger partial charge >= 0.3 is 0 Å².